The van der Waals surface area contributed by atoms with Crippen LogP contribution < -0.4 is 5.32 Å². The Bertz CT molecular complexity index is 574. The molecule has 0 spiro atoms. The average Bonchev–Trinajstić information content (AvgIpc) is 2.84. The van der Waals surface area contributed by atoms with E-state index in [4.69, 9.17) is 4.74 Å². The molecule has 1 aromatic heterocycles. The number of rotatable bonds is 6. The van der Waals surface area contributed by atoms with E-state index in [2.05, 4.69) is 10.3 Å². The lowest BCUT2D eigenvalue weighted by molar-refractivity contribution is -0.121. The van der Waals surface area contributed by atoms with Crippen molar-refractivity contribution >= 4 is 15.7 Å². The van der Waals surface area contributed by atoms with Gasteiger partial charge in [0.15, 0.2) is 0 Å². The number of amides is 1. The van der Waals surface area contributed by atoms with Crippen LogP contribution in [0, 0.1) is 5.92 Å². The van der Waals surface area contributed by atoms with Crippen molar-refractivity contribution in [2.75, 3.05) is 25.2 Å². The van der Waals surface area contributed by atoms with Crippen LogP contribution in [-0.4, -0.2) is 50.6 Å². The predicted octanol–water partition coefficient (Wildman–Crippen LogP) is 0.190. The van der Waals surface area contributed by atoms with E-state index in [-0.39, 0.29) is 30.0 Å². The Morgan fingerprint density at radius 3 is 2.76 bits per heavy atom. The van der Waals surface area contributed by atoms with E-state index >= 15 is 0 Å². The van der Waals surface area contributed by atoms with Crippen LogP contribution in [0.4, 0.5) is 0 Å². The molecule has 0 unspecified atom stereocenters. The summed E-state index contributed by atoms with van der Waals surface area (Å²) in [6.07, 6.45) is 5.41. The number of carbonyl (C=O) groups is 1. The molecule has 0 saturated carbocycles. The summed E-state index contributed by atoms with van der Waals surface area (Å²) >= 11 is 0. The Morgan fingerprint density at radius 2 is 2.10 bits per heavy atom. The highest BCUT2D eigenvalue weighted by Crippen LogP contribution is 2.19. The molecule has 1 aliphatic rings. The van der Waals surface area contributed by atoms with Crippen LogP contribution in [-0.2, 0) is 25.8 Å². The first-order valence-electron chi connectivity index (χ1n) is 6.88. The molecule has 2 heterocycles. The minimum Gasteiger partial charge on any atom is -0.379 e. The Hall–Kier alpha value is -1.47. The number of carbonyl (C=O) groups excluding carboxylic acids is 1. The van der Waals surface area contributed by atoms with Gasteiger partial charge in [-0.15, -0.1) is 0 Å². The maximum atomic E-state index is 11.8. The monoisotopic (exact) mass is 312 g/mol. The number of nitrogens with one attached hydrogen (secondary N) is 1. The van der Waals surface area contributed by atoms with Gasteiger partial charge >= 0.3 is 0 Å². The van der Waals surface area contributed by atoms with Gasteiger partial charge in [-0.1, -0.05) is 0 Å². The lowest BCUT2D eigenvalue weighted by Crippen LogP contribution is -2.41. The largest absolute Gasteiger partial charge is 0.379 e. The molecule has 0 radical (unpaired) electrons. The molecule has 2 atom stereocenters. The number of sulfone groups is 1. The van der Waals surface area contributed by atoms with Crippen molar-refractivity contribution in [1.82, 2.24) is 10.3 Å². The Morgan fingerprint density at radius 1 is 1.38 bits per heavy atom. The highest BCUT2D eigenvalue weighted by atomic mass is 32.2. The Balaban J connectivity index is 1.86. The highest BCUT2D eigenvalue weighted by molar-refractivity contribution is 7.90. The van der Waals surface area contributed by atoms with Gasteiger partial charge in [0, 0.05) is 31.0 Å². The fourth-order valence-electron chi connectivity index (χ4n) is 2.34. The number of aromatic nitrogens is 1. The third kappa shape index (κ3) is 5.43. The zero-order valence-electron chi connectivity index (χ0n) is 12.0. The topological polar surface area (TPSA) is 85.4 Å². The Labute approximate surface area is 124 Å². The van der Waals surface area contributed by atoms with Gasteiger partial charge in [0.25, 0.3) is 0 Å². The molecule has 116 valence electrons. The quantitative estimate of drug-likeness (QED) is 0.810. The molecule has 1 saturated heterocycles. The molecule has 2 rings (SSSR count). The second-order valence-corrected chi connectivity index (χ2v) is 7.67. The summed E-state index contributed by atoms with van der Waals surface area (Å²) in [5, 5.41) is 2.88. The van der Waals surface area contributed by atoms with Gasteiger partial charge in [0.2, 0.25) is 5.91 Å². The maximum Gasteiger partial charge on any atom is 0.221 e. The summed E-state index contributed by atoms with van der Waals surface area (Å²) in [4.78, 5) is 15.8. The first-order valence-corrected chi connectivity index (χ1v) is 8.94. The second kappa shape index (κ2) is 7.00. The third-order valence-electron chi connectivity index (χ3n) is 3.49. The van der Waals surface area contributed by atoms with Gasteiger partial charge in [-0.05, 0) is 24.1 Å². The summed E-state index contributed by atoms with van der Waals surface area (Å²) < 4.78 is 27.6. The lowest BCUT2D eigenvalue weighted by Gasteiger charge is -2.19. The number of pyridine rings is 1. The molecule has 1 fully saturated rings. The SMILES string of the molecule is CS(=O)(=O)CCC(=O)N[C@H]1COC[C@H]1Cc1ccncc1. The number of ether oxygens (including phenoxy) is 1. The maximum absolute atomic E-state index is 11.8. The van der Waals surface area contributed by atoms with Gasteiger partial charge in [0.05, 0.1) is 25.0 Å². The Kier molecular flexibility index (Phi) is 5.30. The first-order chi connectivity index (χ1) is 9.94. The molecule has 7 heteroatoms. The van der Waals surface area contributed by atoms with Crippen molar-refractivity contribution < 1.29 is 17.9 Å². The first kappa shape index (κ1) is 15.9. The van der Waals surface area contributed by atoms with Crippen LogP contribution in [0.3, 0.4) is 0 Å². The van der Waals surface area contributed by atoms with Gasteiger partial charge < -0.3 is 10.1 Å². The minimum atomic E-state index is -3.11. The zero-order valence-corrected chi connectivity index (χ0v) is 12.8. The van der Waals surface area contributed by atoms with Crippen molar-refractivity contribution in [3.8, 4) is 0 Å². The molecule has 0 aromatic carbocycles. The third-order valence-corrected chi connectivity index (χ3v) is 4.44. The van der Waals surface area contributed by atoms with E-state index in [1.165, 1.54) is 0 Å². The van der Waals surface area contributed by atoms with Crippen molar-refractivity contribution in [3.05, 3.63) is 30.1 Å². The molecular formula is C14H20N2O4S. The van der Waals surface area contributed by atoms with Crippen molar-refractivity contribution in [3.63, 3.8) is 0 Å². The van der Waals surface area contributed by atoms with Crippen molar-refractivity contribution in [2.24, 2.45) is 5.92 Å². The van der Waals surface area contributed by atoms with Crippen LogP contribution in [0.15, 0.2) is 24.5 Å². The van der Waals surface area contributed by atoms with Gasteiger partial charge in [-0.2, -0.15) is 0 Å². The summed E-state index contributed by atoms with van der Waals surface area (Å²) in [6, 6.07) is 3.83. The van der Waals surface area contributed by atoms with Crippen molar-refractivity contribution in [2.45, 2.75) is 18.9 Å². The van der Waals surface area contributed by atoms with Crippen molar-refractivity contribution in [1.29, 1.82) is 0 Å². The second-order valence-electron chi connectivity index (χ2n) is 5.41. The molecule has 6 nitrogen and oxygen atoms in total. The fourth-order valence-corrected chi connectivity index (χ4v) is 2.89. The van der Waals surface area contributed by atoms with E-state index in [1.54, 1.807) is 12.4 Å². The van der Waals surface area contributed by atoms with E-state index in [0.29, 0.717) is 13.2 Å². The lowest BCUT2D eigenvalue weighted by atomic mass is 9.95. The molecular weight excluding hydrogens is 292 g/mol. The molecule has 1 amide bonds. The molecule has 0 aliphatic carbocycles. The summed E-state index contributed by atoms with van der Waals surface area (Å²) in [7, 11) is -3.11. The summed E-state index contributed by atoms with van der Waals surface area (Å²) in [5.74, 6) is -0.160. The zero-order chi connectivity index (χ0) is 15.3. The van der Waals surface area contributed by atoms with E-state index in [1.807, 2.05) is 12.1 Å². The molecule has 21 heavy (non-hydrogen) atoms. The molecule has 1 aromatic rings. The van der Waals surface area contributed by atoms with Gasteiger partial charge in [0.1, 0.15) is 9.84 Å². The number of hydrogen-bond acceptors (Lipinski definition) is 5. The average molecular weight is 312 g/mol. The van der Waals surface area contributed by atoms with E-state index < -0.39 is 9.84 Å². The van der Waals surface area contributed by atoms with Crippen LogP contribution in [0.1, 0.15) is 12.0 Å². The number of nitrogens with zero attached hydrogens (tertiary/aromatic N) is 1. The normalized spacial score (nSPS) is 22.1. The van der Waals surface area contributed by atoms with Crippen LogP contribution in [0.25, 0.3) is 0 Å². The van der Waals surface area contributed by atoms with E-state index in [9.17, 15) is 13.2 Å². The summed E-state index contributed by atoms with van der Waals surface area (Å²) in [5.41, 5.74) is 1.15. The van der Waals surface area contributed by atoms with Gasteiger partial charge in [-0.3, -0.25) is 9.78 Å². The fraction of sp³-hybridized carbons (Fsp3) is 0.571. The molecule has 0 bridgehead atoms. The molecule has 1 aliphatic heterocycles. The van der Waals surface area contributed by atoms with Crippen LogP contribution in [0.5, 0.6) is 0 Å². The standard InChI is InChI=1S/C14H20N2O4S/c1-21(18,19)7-4-14(17)16-13-10-20-9-12(13)8-11-2-5-15-6-3-11/h2-3,5-6,12-13H,4,7-10H2,1H3,(H,16,17)/t12-,13+/m1/s1. The van der Waals surface area contributed by atoms with E-state index in [0.717, 1.165) is 18.2 Å². The molecule has 1 N–H and O–H groups in total. The smallest absolute Gasteiger partial charge is 0.221 e. The van der Waals surface area contributed by atoms with Crippen LogP contribution in [0.2, 0.25) is 0 Å². The predicted molar refractivity (Wildman–Crippen MR) is 78.5 cm³/mol. The summed E-state index contributed by atoms with van der Waals surface area (Å²) in [6.45, 7) is 1.07. The number of hydrogen-bond donors (Lipinski definition) is 1. The highest BCUT2D eigenvalue weighted by Gasteiger charge is 2.29. The van der Waals surface area contributed by atoms with Crippen LogP contribution >= 0.6 is 0 Å². The van der Waals surface area contributed by atoms with Gasteiger partial charge in [-0.25, -0.2) is 8.42 Å². The minimum absolute atomic E-state index is 0.00267.